The van der Waals surface area contributed by atoms with E-state index in [-0.39, 0.29) is 11.9 Å². The third kappa shape index (κ3) is 3.79. The van der Waals surface area contributed by atoms with Crippen molar-refractivity contribution in [1.82, 2.24) is 15.0 Å². The smallest absolute Gasteiger partial charge is 0.338 e. The molecule has 2 aromatic heterocycles. The molecule has 0 saturated carbocycles. The Bertz CT molecular complexity index is 1270. The van der Waals surface area contributed by atoms with Crippen LogP contribution in [-0.2, 0) is 4.74 Å². The second-order valence-electron chi connectivity index (χ2n) is 6.47. The summed E-state index contributed by atoms with van der Waals surface area (Å²) in [5.41, 5.74) is 4.75. The van der Waals surface area contributed by atoms with E-state index in [2.05, 4.69) is 20.3 Å². The first-order valence-corrected chi connectivity index (χ1v) is 9.90. The second-order valence-corrected chi connectivity index (χ2v) is 7.50. The summed E-state index contributed by atoms with van der Waals surface area (Å²) in [5.74, 6) is -0.659. The van der Waals surface area contributed by atoms with Gasteiger partial charge in [-0.1, -0.05) is 11.3 Å². The number of benzene rings is 2. The number of aryl methyl sites for hydroxylation is 2. The Morgan fingerprint density at radius 2 is 1.62 bits per heavy atom. The van der Waals surface area contributed by atoms with Gasteiger partial charge in [0.25, 0.3) is 5.91 Å². The number of esters is 1. The Hall–Kier alpha value is -3.39. The van der Waals surface area contributed by atoms with Crippen LogP contribution in [0.15, 0.2) is 36.4 Å². The van der Waals surface area contributed by atoms with Crippen LogP contribution in [0.2, 0.25) is 0 Å². The van der Waals surface area contributed by atoms with Crippen LogP contribution < -0.4 is 5.32 Å². The predicted molar refractivity (Wildman–Crippen MR) is 113 cm³/mol. The highest BCUT2D eigenvalue weighted by atomic mass is 32.1. The van der Waals surface area contributed by atoms with E-state index in [0.29, 0.717) is 33.9 Å². The molecule has 7 nitrogen and oxygen atoms in total. The molecular weight excluding hydrogens is 388 g/mol. The molecule has 1 amide bonds. The molecule has 2 heterocycles. The number of carbonyl (C=O) groups excluding carboxylic acids is 2. The van der Waals surface area contributed by atoms with Crippen molar-refractivity contribution < 1.29 is 14.3 Å². The molecule has 0 spiro atoms. The van der Waals surface area contributed by atoms with Crippen molar-refractivity contribution in [3.8, 4) is 0 Å². The molecule has 0 unspecified atom stereocenters. The van der Waals surface area contributed by atoms with Gasteiger partial charge >= 0.3 is 5.97 Å². The lowest BCUT2D eigenvalue weighted by Gasteiger charge is -2.05. The van der Waals surface area contributed by atoms with Gasteiger partial charge in [0.1, 0.15) is 0 Å². The molecule has 4 aromatic rings. The zero-order chi connectivity index (χ0) is 20.5. The summed E-state index contributed by atoms with van der Waals surface area (Å²) in [6.45, 7) is 5.87. The number of fused-ring (bicyclic) bond motifs is 2. The van der Waals surface area contributed by atoms with Crippen molar-refractivity contribution in [1.29, 1.82) is 0 Å². The maximum Gasteiger partial charge on any atom is 0.338 e. The summed E-state index contributed by atoms with van der Waals surface area (Å²) >= 11 is 1.30. The highest BCUT2D eigenvalue weighted by Gasteiger charge is 2.14. The molecule has 0 fully saturated rings. The van der Waals surface area contributed by atoms with E-state index in [1.54, 1.807) is 43.3 Å². The third-order valence-electron chi connectivity index (χ3n) is 4.46. The average molecular weight is 406 g/mol. The third-order valence-corrected chi connectivity index (χ3v) is 5.39. The number of anilines is 1. The Morgan fingerprint density at radius 3 is 2.38 bits per heavy atom. The molecule has 8 heteroatoms. The van der Waals surface area contributed by atoms with Gasteiger partial charge < -0.3 is 4.74 Å². The molecular formula is C21H18N4O3S. The summed E-state index contributed by atoms with van der Waals surface area (Å²) in [4.78, 5) is 38.0. The zero-order valence-electron chi connectivity index (χ0n) is 16.1. The van der Waals surface area contributed by atoms with Gasteiger partial charge in [0, 0.05) is 5.56 Å². The van der Waals surface area contributed by atoms with Crippen LogP contribution in [0.3, 0.4) is 0 Å². The molecule has 4 rings (SSSR count). The topological polar surface area (TPSA) is 94.1 Å². The van der Waals surface area contributed by atoms with Crippen molar-refractivity contribution in [3.05, 3.63) is 58.9 Å². The van der Waals surface area contributed by atoms with Gasteiger partial charge in [0.15, 0.2) is 5.13 Å². The zero-order valence-corrected chi connectivity index (χ0v) is 17.0. The lowest BCUT2D eigenvalue weighted by Crippen LogP contribution is -2.11. The number of carbonyl (C=O) groups is 2. The number of rotatable bonds is 4. The first-order valence-electron chi connectivity index (χ1n) is 9.08. The molecule has 0 saturated heterocycles. The SMILES string of the molecule is CCOC(=O)c1ccc2nc(NC(=O)c3ccc4nc(C)c(C)nc4c3)sc2c1. The maximum absolute atomic E-state index is 12.7. The monoisotopic (exact) mass is 406 g/mol. The van der Waals surface area contributed by atoms with Gasteiger partial charge in [-0.05, 0) is 57.2 Å². The van der Waals surface area contributed by atoms with Crippen molar-refractivity contribution in [2.45, 2.75) is 20.8 Å². The fourth-order valence-electron chi connectivity index (χ4n) is 2.86. The number of nitrogens with one attached hydrogen (secondary N) is 1. The minimum atomic E-state index is -0.379. The van der Waals surface area contributed by atoms with E-state index >= 15 is 0 Å². The molecule has 29 heavy (non-hydrogen) atoms. The molecule has 146 valence electrons. The highest BCUT2D eigenvalue weighted by molar-refractivity contribution is 7.22. The number of amides is 1. The number of nitrogens with zero attached hydrogens (tertiary/aromatic N) is 3. The maximum atomic E-state index is 12.7. The Kier molecular flexibility index (Phi) is 4.94. The highest BCUT2D eigenvalue weighted by Crippen LogP contribution is 2.27. The average Bonchev–Trinajstić information content (AvgIpc) is 3.10. The summed E-state index contributed by atoms with van der Waals surface area (Å²) in [5, 5.41) is 3.27. The van der Waals surface area contributed by atoms with Gasteiger partial charge in [-0.2, -0.15) is 0 Å². The van der Waals surface area contributed by atoms with E-state index in [4.69, 9.17) is 4.74 Å². The molecule has 0 radical (unpaired) electrons. The summed E-state index contributed by atoms with van der Waals surface area (Å²) in [6.07, 6.45) is 0. The van der Waals surface area contributed by atoms with Gasteiger partial charge in [-0.3, -0.25) is 10.1 Å². The number of ether oxygens (including phenoxy) is 1. The van der Waals surface area contributed by atoms with Gasteiger partial charge in [0.05, 0.1) is 44.8 Å². The van der Waals surface area contributed by atoms with Crippen LogP contribution in [0.25, 0.3) is 21.3 Å². The van der Waals surface area contributed by atoms with E-state index in [0.717, 1.165) is 21.6 Å². The molecule has 0 aliphatic rings. The van der Waals surface area contributed by atoms with E-state index < -0.39 is 0 Å². The molecule has 0 aliphatic carbocycles. The second kappa shape index (κ2) is 7.56. The number of hydrogen-bond donors (Lipinski definition) is 1. The molecule has 0 atom stereocenters. The van der Waals surface area contributed by atoms with Gasteiger partial charge in [-0.15, -0.1) is 0 Å². The quantitative estimate of drug-likeness (QED) is 0.508. The van der Waals surface area contributed by atoms with Crippen LogP contribution in [0.4, 0.5) is 5.13 Å². The predicted octanol–water partition coefficient (Wildman–Crippen LogP) is 4.29. The van der Waals surface area contributed by atoms with E-state index in [1.165, 1.54) is 11.3 Å². The van der Waals surface area contributed by atoms with E-state index in [9.17, 15) is 9.59 Å². The summed E-state index contributed by atoms with van der Waals surface area (Å²) < 4.78 is 5.81. The number of thiazole rings is 1. The minimum Gasteiger partial charge on any atom is -0.462 e. The van der Waals surface area contributed by atoms with Crippen molar-refractivity contribution in [3.63, 3.8) is 0 Å². The minimum absolute atomic E-state index is 0.281. The van der Waals surface area contributed by atoms with Crippen molar-refractivity contribution in [2.24, 2.45) is 0 Å². The number of aromatic nitrogens is 3. The lowest BCUT2D eigenvalue weighted by molar-refractivity contribution is 0.0526. The fourth-order valence-corrected chi connectivity index (χ4v) is 3.76. The first kappa shape index (κ1) is 18.9. The molecule has 2 aromatic carbocycles. The van der Waals surface area contributed by atoms with Gasteiger partial charge in [0.2, 0.25) is 0 Å². The van der Waals surface area contributed by atoms with E-state index in [1.807, 2.05) is 13.8 Å². The van der Waals surface area contributed by atoms with Crippen LogP contribution in [0.5, 0.6) is 0 Å². The Labute approximate surface area is 170 Å². The summed E-state index contributed by atoms with van der Waals surface area (Å²) in [7, 11) is 0. The normalized spacial score (nSPS) is 11.0. The van der Waals surface area contributed by atoms with Crippen LogP contribution in [0.1, 0.15) is 39.0 Å². The lowest BCUT2D eigenvalue weighted by atomic mass is 10.1. The Morgan fingerprint density at radius 1 is 0.931 bits per heavy atom. The molecule has 0 bridgehead atoms. The van der Waals surface area contributed by atoms with Crippen molar-refractivity contribution in [2.75, 3.05) is 11.9 Å². The number of hydrogen-bond acceptors (Lipinski definition) is 7. The van der Waals surface area contributed by atoms with Gasteiger partial charge in [-0.25, -0.2) is 19.7 Å². The van der Waals surface area contributed by atoms with Crippen LogP contribution in [-0.4, -0.2) is 33.4 Å². The molecule has 1 N–H and O–H groups in total. The first-order chi connectivity index (χ1) is 13.9. The standard InChI is InChI=1S/C21H18N4O3S/c1-4-28-20(27)14-6-8-16-18(10-14)29-21(24-16)25-19(26)13-5-7-15-17(9-13)23-12(3)11(2)22-15/h5-10H,4H2,1-3H3,(H,24,25,26). The fraction of sp³-hybridized carbons (Fsp3) is 0.190. The van der Waals surface area contributed by atoms with Crippen molar-refractivity contribution >= 4 is 49.6 Å². The Balaban J connectivity index is 1.59. The van der Waals surface area contributed by atoms with Crippen LogP contribution in [0, 0.1) is 13.8 Å². The summed E-state index contributed by atoms with van der Waals surface area (Å²) in [6, 6.07) is 10.3. The largest absolute Gasteiger partial charge is 0.462 e. The van der Waals surface area contributed by atoms with Crippen LogP contribution >= 0.6 is 11.3 Å². The molecule has 0 aliphatic heterocycles.